The summed E-state index contributed by atoms with van der Waals surface area (Å²) in [7, 11) is 0. The van der Waals surface area contributed by atoms with Crippen LogP contribution in [0, 0.1) is 0 Å². The molecule has 2 aromatic heterocycles. The van der Waals surface area contributed by atoms with E-state index >= 15 is 0 Å². The predicted octanol–water partition coefficient (Wildman–Crippen LogP) is 2.56. The molecule has 0 aliphatic rings. The van der Waals surface area contributed by atoms with Gasteiger partial charge in [-0.2, -0.15) is 18.3 Å². The lowest BCUT2D eigenvalue weighted by atomic mass is 10.4. The predicted molar refractivity (Wildman–Crippen MR) is 67.1 cm³/mol. The topological polar surface area (TPSA) is 55.6 Å². The number of anilines is 1. The van der Waals surface area contributed by atoms with Crippen LogP contribution in [0.5, 0.6) is 0 Å². The molecule has 0 fully saturated rings. The van der Waals surface area contributed by atoms with Crippen molar-refractivity contribution in [2.45, 2.75) is 26.1 Å². The van der Waals surface area contributed by atoms with E-state index in [4.69, 9.17) is 0 Å². The average Bonchev–Trinajstić information content (AvgIpc) is 2.86. The maximum absolute atomic E-state index is 12.4. The molecule has 0 unspecified atom stereocenters. The molecule has 0 saturated heterocycles. The van der Waals surface area contributed by atoms with Crippen LogP contribution >= 0.6 is 0 Å². The first kappa shape index (κ1) is 14.3. The second-order valence-electron chi connectivity index (χ2n) is 4.22. The lowest BCUT2D eigenvalue weighted by molar-refractivity contribution is -0.141. The van der Waals surface area contributed by atoms with E-state index in [2.05, 4.69) is 20.4 Å². The molecule has 0 aliphatic heterocycles. The minimum Gasteiger partial charge on any atom is -0.369 e. The van der Waals surface area contributed by atoms with Crippen LogP contribution < -0.4 is 5.32 Å². The highest BCUT2D eigenvalue weighted by molar-refractivity contribution is 5.30. The zero-order valence-electron chi connectivity index (χ0n) is 10.9. The van der Waals surface area contributed by atoms with Crippen LogP contribution in [0.4, 0.5) is 19.0 Å². The van der Waals surface area contributed by atoms with Gasteiger partial charge in [-0.1, -0.05) is 6.92 Å². The first-order valence-corrected chi connectivity index (χ1v) is 6.14. The van der Waals surface area contributed by atoms with E-state index in [1.807, 2.05) is 6.92 Å². The molecule has 2 heterocycles. The number of rotatable bonds is 5. The van der Waals surface area contributed by atoms with Crippen molar-refractivity contribution in [2.24, 2.45) is 0 Å². The van der Waals surface area contributed by atoms with E-state index in [0.29, 0.717) is 11.5 Å². The Kier molecular flexibility index (Phi) is 4.21. The highest BCUT2D eigenvalue weighted by Crippen LogP contribution is 2.27. The van der Waals surface area contributed by atoms with Crippen LogP contribution in [0.15, 0.2) is 24.7 Å². The van der Waals surface area contributed by atoms with E-state index < -0.39 is 11.9 Å². The number of hydrogen-bond acceptors (Lipinski definition) is 4. The molecule has 20 heavy (non-hydrogen) atoms. The van der Waals surface area contributed by atoms with Crippen LogP contribution in [0.1, 0.15) is 24.7 Å². The van der Waals surface area contributed by atoms with Gasteiger partial charge in [-0.25, -0.2) is 4.98 Å². The second-order valence-corrected chi connectivity index (χ2v) is 4.22. The number of halogens is 3. The lowest BCUT2D eigenvalue weighted by Crippen LogP contribution is -2.09. The van der Waals surface area contributed by atoms with Gasteiger partial charge in [-0.05, 0) is 12.5 Å². The smallest absolute Gasteiger partial charge is 0.369 e. The number of aromatic nitrogens is 4. The molecule has 0 aliphatic carbocycles. The van der Waals surface area contributed by atoms with Gasteiger partial charge in [0.05, 0.1) is 24.6 Å². The Balaban J connectivity index is 2.01. The van der Waals surface area contributed by atoms with Crippen LogP contribution in [0.25, 0.3) is 0 Å². The fourth-order valence-electron chi connectivity index (χ4n) is 1.55. The summed E-state index contributed by atoms with van der Waals surface area (Å²) in [6.07, 6.45) is 0.891. The monoisotopic (exact) mass is 285 g/mol. The lowest BCUT2D eigenvalue weighted by Gasteiger charge is -2.05. The molecule has 0 amide bonds. The number of nitrogens with zero attached hydrogens (tertiary/aromatic N) is 4. The Morgan fingerprint density at radius 3 is 2.60 bits per heavy atom. The van der Waals surface area contributed by atoms with E-state index in [9.17, 15) is 13.2 Å². The molecule has 0 atom stereocenters. The Hall–Kier alpha value is -2.12. The maximum Gasteiger partial charge on any atom is 0.435 e. The molecule has 0 spiro atoms. The first-order chi connectivity index (χ1) is 9.49. The first-order valence-electron chi connectivity index (χ1n) is 6.14. The third kappa shape index (κ3) is 3.69. The number of nitrogens with one attached hydrogen (secondary N) is 1. The molecule has 0 saturated carbocycles. The van der Waals surface area contributed by atoms with E-state index in [-0.39, 0.29) is 6.54 Å². The van der Waals surface area contributed by atoms with Crippen LogP contribution in [-0.4, -0.2) is 26.3 Å². The van der Waals surface area contributed by atoms with Gasteiger partial charge in [-0.15, -0.1) is 0 Å². The molecule has 0 bridgehead atoms. The molecular weight excluding hydrogens is 271 g/mol. The zero-order valence-corrected chi connectivity index (χ0v) is 10.9. The van der Waals surface area contributed by atoms with Gasteiger partial charge in [0, 0.05) is 12.7 Å². The van der Waals surface area contributed by atoms with Crippen molar-refractivity contribution in [3.63, 3.8) is 0 Å². The van der Waals surface area contributed by atoms with Crippen molar-refractivity contribution in [1.82, 2.24) is 19.7 Å². The summed E-state index contributed by atoms with van der Waals surface area (Å²) in [6, 6.07) is 0.935. The number of hydrogen-bond donors (Lipinski definition) is 1. The molecule has 8 heteroatoms. The third-order valence-corrected chi connectivity index (χ3v) is 2.52. The Bertz CT molecular complexity index is 547. The summed E-state index contributed by atoms with van der Waals surface area (Å²) in [4.78, 5) is 8.26. The molecule has 5 nitrogen and oxygen atoms in total. The summed E-state index contributed by atoms with van der Waals surface area (Å²) in [5.74, 6) is 0.645. The summed E-state index contributed by atoms with van der Waals surface area (Å²) < 4.78 is 38.4. The van der Waals surface area contributed by atoms with Gasteiger partial charge >= 0.3 is 6.18 Å². The highest BCUT2D eigenvalue weighted by atomic mass is 19.4. The molecule has 2 aromatic rings. The summed E-state index contributed by atoms with van der Waals surface area (Å²) in [5, 5.41) is 6.52. The normalized spacial score (nSPS) is 11.6. The molecular formula is C12H14F3N5. The van der Waals surface area contributed by atoms with Crippen LogP contribution in [-0.2, 0) is 12.7 Å². The quantitative estimate of drug-likeness (QED) is 0.917. The van der Waals surface area contributed by atoms with Crippen molar-refractivity contribution >= 4 is 5.82 Å². The molecule has 1 N–H and O–H groups in total. The molecule has 108 valence electrons. The van der Waals surface area contributed by atoms with Crippen molar-refractivity contribution in [1.29, 1.82) is 0 Å². The zero-order chi connectivity index (χ0) is 14.6. The van der Waals surface area contributed by atoms with E-state index in [1.54, 1.807) is 6.20 Å². The van der Waals surface area contributed by atoms with Gasteiger partial charge in [0.25, 0.3) is 0 Å². The summed E-state index contributed by atoms with van der Waals surface area (Å²) in [6.45, 7) is 2.98. The van der Waals surface area contributed by atoms with Crippen molar-refractivity contribution in [3.05, 3.63) is 36.0 Å². The Labute approximate surface area is 113 Å². The van der Waals surface area contributed by atoms with Crippen molar-refractivity contribution in [2.75, 3.05) is 11.9 Å². The molecule has 0 aromatic carbocycles. The summed E-state index contributed by atoms with van der Waals surface area (Å²) in [5.41, 5.74) is -0.365. The third-order valence-electron chi connectivity index (χ3n) is 2.52. The average molecular weight is 285 g/mol. The Morgan fingerprint density at radius 1 is 1.25 bits per heavy atom. The van der Waals surface area contributed by atoms with Gasteiger partial charge in [0.1, 0.15) is 5.82 Å². The fourth-order valence-corrected chi connectivity index (χ4v) is 1.55. The SMILES string of the molecule is CCCNc1cnc(Cn2ccc(C(F)(F)F)n2)cn1. The molecule has 2 rings (SSSR count). The second kappa shape index (κ2) is 5.89. The van der Waals surface area contributed by atoms with Gasteiger partial charge in [-0.3, -0.25) is 9.67 Å². The van der Waals surface area contributed by atoms with Gasteiger partial charge in [0.2, 0.25) is 0 Å². The largest absolute Gasteiger partial charge is 0.435 e. The van der Waals surface area contributed by atoms with E-state index in [1.165, 1.54) is 17.1 Å². The standard InChI is InChI=1S/C12H14F3N5/c1-2-4-16-11-7-17-9(6-18-11)8-20-5-3-10(19-20)12(13,14)15/h3,5-7H,2,4,8H2,1H3,(H,16,18). The maximum atomic E-state index is 12.4. The number of alkyl halides is 3. The Morgan fingerprint density at radius 2 is 2.05 bits per heavy atom. The van der Waals surface area contributed by atoms with Gasteiger partial charge in [0.15, 0.2) is 5.69 Å². The van der Waals surface area contributed by atoms with Crippen molar-refractivity contribution < 1.29 is 13.2 Å². The summed E-state index contributed by atoms with van der Waals surface area (Å²) >= 11 is 0. The van der Waals surface area contributed by atoms with Crippen LogP contribution in [0.2, 0.25) is 0 Å². The minimum atomic E-state index is -4.43. The molecule has 0 radical (unpaired) electrons. The minimum absolute atomic E-state index is 0.150. The van der Waals surface area contributed by atoms with Crippen molar-refractivity contribution in [3.8, 4) is 0 Å². The highest BCUT2D eigenvalue weighted by Gasteiger charge is 2.33. The van der Waals surface area contributed by atoms with Gasteiger partial charge < -0.3 is 5.32 Å². The van der Waals surface area contributed by atoms with E-state index in [0.717, 1.165) is 19.0 Å². The fraction of sp³-hybridized carbons (Fsp3) is 0.417. The van der Waals surface area contributed by atoms with Crippen LogP contribution in [0.3, 0.4) is 0 Å².